The van der Waals surface area contributed by atoms with Gasteiger partial charge < -0.3 is 26.0 Å². The highest BCUT2D eigenvalue weighted by Gasteiger charge is 2.70. The summed E-state index contributed by atoms with van der Waals surface area (Å²) in [5.74, 6) is -8.63. The molecule has 0 radical (unpaired) electrons. The molecule has 0 spiro atoms. The third kappa shape index (κ3) is 6.99. The van der Waals surface area contributed by atoms with Gasteiger partial charge in [0.05, 0.1) is 0 Å². The lowest BCUT2D eigenvalue weighted by atomic mass is 9.85. The van der Waals surface area contributed by atoms with Crippen LogP contribution in [0.15, 0.2) is 0 Å². The van der Waals surface area contributed by atoms with Gasteiger partial charge in [-0.1, -0.05) is 41.5 Å². The van der Waals surface area contributed by atoms with Gasteiger partial charge in [-0.05, 0) is 43.4 Å². The molecule has 2 rings (SSSR count). The number of aliphatic carboxylic acids is 1. The summed E-state index contributed by atoms with van der Waals surface area (Å²) in [7, 11) is 0. The zero-order chi connectivity index (χ0) is 29.6. The Hall–Kier alpha value is -2.79. The van der Waals surface area contributed by atoms with Gasteiger partial charge in [-0.2, -0.15) is 0 Å². The SMILES string of the molecule is CCC(F)(F)CC(NC(=O)[C@@H]1[C@@H]2[C@H](CN1C(=O)[C@@H](NC(=O)NC(C)(C)C)C(C)(C)C)C2(C)C)C(=O)C(=O)O. The first-order valence-corrected chi connectivity index (χ1v) is 12.9. The summed E-state index contributed by atoms with van der Waals surface area (Å²) in [6.07, 6.45) is -1.81. The van der Waals surface area contributed by atoms with E-state index in [1.807, 2.05) is 13.8 Å². The summed E-state index contributed by atoms with van der Waals surface area (Å²) in [6.45, 7) is 15.9. The van der Waals surface area contributed by atoms with Crippen LogP contribution in [-0.4, -0.2) is 75.7 Å². The van der Waals surface area contributed by atoms with Crippen LogP contribution in [0.4, 0.5) is 13.6 Å². The van der Waals surface area contributed by atoms with E-state index in [2.05, 4.69) is 16.0 Å². The molecular weight excluding hydrogens is 502 g/mol. The zero-order valence-electron chi connectivity index (χ0n) is 23.7. The molecule has 38 heavy (non-hydrogen) atoms. The molecule has 0 bridgehead atoms. The fraction of sp³-hybridized carbons (Fsp3) is 0.808. The predicted octanol–water partition coefficient (Wildman–Crippen LogP) is 2.56. The summed E-state index contributed by atoms with van der Waals surface area (Å²) < 4.78 is 28.3. The maximum absolute atomic E-state index is 14.1. The number of fused-ring (bicyclic) bond motifs is 1. The maximum atomic E-state index is 14.1. The Balaban J connectivity index is 2.36. The number of amides is 4. The van der Waals surface area contributed by atoms with Gasteiger partial charge in [0, 0.05) is 24.9 Å². The molecule has 2 fully saturated rings. The number of hydrogen-bond donors (Lipinski definition) is 4. The molecule has 1 heterocycles. The largest absolute Gasteiger partial charge is 0.475 e. The van der Waals surface area contributed by atoms with Crippen molar-refractivity contribution in [2.24, 2.45) is 22.7 Å². The molecule has 0 aromatic heterocycles. The Morgan fingerprint density at radius 3 is 2.03 bits per heavy atom. The number of nitrogens with one attached hydrogen (secondary N) is 3. The van der Waals surface area contributed by atoms with E-state index in [1.165, 1.54) is 11.8 Å². The van der Waals surface area contributed by atoms with E-state index in [-0.39, 0.29) is 23.8 Å². The number of Topliss-reactive ketones (excluding diaryl/α,β-unsaturated/α-hetero) is 1. The quantitative estimate of drug-likeness (QED) is 0.328. The molecule has 5 atom stereocenters. The topological polar surface area (TPSA) is 145 Å². The van der Waals surface area contributed by atoms with Gasteiger partial charge in [-0.3, -0.25) is 14.4 Å². The van der Waals surface area contributed by atoms with E-state index in [4.69, 9.17) is 5.11 Å². The van der Waals surface area contributed by atoms with Crippen LogP contribution in [0, 0.1) is 22.7 Å². The molecule has 216 valence electrons. The first-order chi connectivity index (χ1) is 17.0. The minimum atomic E-state index is -3.38. The second-order valence-electron chi connectivity index (χ2n) is 13.2. The van der Waals surface area contributed by atoms with Crippen LogP contribution in [0.25, 0.3) is 0 Å². The van der Waals surface area contributed by atoms with E-state index in [0.29, 0.717) is 0 Å². The lowest BCUT2D eigenvalue weighted by Gasteiger charge is -2.38. The van der Waals surface area contributed by atoms with Crippen LogP contribution >= 0.6 is 0 Å². The molecular formula is C26H42F2N4O6. The summed E-state index contributed by atoms with van der Waals surface area (Å²) in [5, 5.41) is 16.8. The number of piperidine rings is 1. The summed E-state index contributed by atoms with van der Waals surface area (Å²) in [4.78, 5) is 64.8. The highest BCUT2D eigenvalue weighted by Crippen LogP contribution is 2.65. The monoisotopic (exact) mass is 544 g/mol. The third-order valence-electron chi connectivity index (χ3n) is 7.50. The number of rotatable bonds is 9. The van der Waals surface area contributed by atoms with Crippen molar-refractivity contribution >= 4 is 29.6 Å². The van der Waals surface area contributed by atoms with Crippen LogP contribution in [0.1, 0.15) is 75.2 Å². The minimum absolute atomic E-state index is 0.0584. The minimum Gasteiger partial charge on any atom is -0.475 e. The normalized spacial score (nSPS) is 24.1. The van der Waals surface area contributed by atoms with Crippen LogP contribution < -0.4 is 16.0 Å². The Morgan fingerprint density at radius 1 is 1.03 bits per heavy atom. The number of carbonyl (C=O) groups excluding carboxylic acids is 4. The van der Waals surface area contributed by atoms with Crippen LogP contribution in [0.5, 0.6) is 0 Å². The number of hydrogen-bond acceptors (Lipinski definition) is 5. The maximum Gasteiger partial charge on any atom is 0.374 e. The average molecular weight is 545 g/mol. The number of carboxylic acids is 1. The fourth-order valence-corrected chi connectivity index (χ4v) is 5.19. The second kappa shape index (κ2) is 10.4. The van der Waals surface area contributed by atoms with Gasteiger partial charge in [-0.25, -0.2) is 18.4 Å². The van der Waals surface area contributed by atoms with E-state index < -0.39 is 77.4 Å². The van der Waals surface area contributed by atoms with E-state index in [1.54, 1.807) is 41.5 Å². The van der Waals surface area contributed by atoms with Crippen molar-refractivity contribution in [1.82, 2.24) is 20.9 Å². The van der Waals surface area contributed by atoms with E-state index >= 15 is 0 Å². The number of halogens is 2. The van der Waals surface area contributed by atoms with Crippen molar-refractivity contribution in [3.05, 3.63) is 0 Å². The highest BCUT2D eigenvalue weighted by atomic mass is 19.3. The Kier molecular flexibility index (Phi) is 8.61. The van der Waals surface area contributed by atoms with Crippen molar-refractivity contribution < 1.29 is 37.9 Å². The van der Waals surface area contributed by atoms with Gasteiger partial charge in [0.15, 0.2) is 0 Å². The summed E-state index contributed by atoms with van der Waals surface area (Å²) in [6, 6.07) is -4.66. The smallest absolute Gasteiger partial charge is 0.374 e. The Morgan fingerprint density at radius 2 is 1.58 bits per heavy atom. The molecule has 1 unspecified atom stereocenters. The van der Waals surface area contributed by atoms with E-state index in [9.17, 15) is 32.8 Å². The standard InChI is InChI=1S/C26H42F2N4O6/c1-10-26(27,28)11-14(17(33)21(36)37)29-19(34)16-15-13(25(15,8)9)12-32(16)20(35)18(23(2,3)4)30-22(38)31-24(5,6)7/h13-16,18H,10-12H2,1-9H3,(H,29,34)(H,36,37)(H2,30,31,38)/t13-,14?,15-,16-,18+/m0/s1. The molecule has 12 heteroatoms. The lowest BCUT2D eigenvalue weighted by molar-refractivity contribution is -0.152. The molecule has 1 saturated carbocycles. The molecule has 0 aromatic carbocycles. The van der Waals surface area contributed by atoms with Crippen molar-refractivity contribution in [2.45, 2.75) is 105 Å². The molecule has 2 aliphatic rings. The average Bonchev–Trinajstić information content (AvgIpc) is 3.08. The van der Waals surface area contributed by atoms with Gasteiger partial charge in [0.25, 0.3) is 5.78 Å². The van der Waals surface area contributed by atoms with Crippen molar-refractivity contribution in [3.63, 3.8) is 0 Å². The predicted molar refractivity (Wildman–Crippen MR) is 135 cm³/mol. The van der Waals surface area contributed by atoms with Gasteiger partial charge in [0.2, 0.25) is 17.7 Å². The van der Waals surface area contributed by atoms with Crippen LogP contribution in [0.2, 0.25) is 0 Å². The van der Waals surface area contributed by atoms with E-state index in [0.717, 1.165) is 0 Å². The molecule has 1 aliphatic carbocycles. The number of carboxylic acid groups (broad SMARTS) is 1. The number of alkyl halides is 2. The molecule has 1 saturated heterocycles. The molecule has 1 aliphatic heterocycles. The first-order valence-electron chi connectivity index (χ1n) is 12.9. The van der Waals surface area contributed by atoms with Crippen molar-refractivity contribution in [2.75, 3.05) is 6.54 Å². The fourth-order valence-electron chi connectivity index (χ4n) is 5.19. The van der Waals surface area contributed by atoms with Gasteiger partial charge in [-0.15, -0.1) is 0 Å². The number of nitrogens with zero attached hydrogens (tertiary/aromatic N) is 1. The third-order valence-corrected chi connectivity index (χ3v) is 7.50. The molecule has 4 amide bonds. The number of likely N-dealkylation sites (tertiary alicyclic amines) is 1. The second-order valence-corrected chi connectivity index (χ2v) is 13.2. The zero-order valence-corrected chi connectivity index (χ0v) is 23.7. The van der Waals surface area contributed by atoms with Crippen molar-refractivity contribution in [1.29, 1.82) is 0 Å². The summed E-state index contributed by atoms with van der Waals surface area (Å²) in [5.41, 5.74) is -1.64. The van der Waals surface area contributed by atoms with Crippen LogP contribution in [-0.2, 0) is 19.2 Å². The number of urea groups is 1. The van der Waals surface area contributed by atoms with Crippen molar-refractivity contribution in [3.8, 4) is 0 Å². The summed E-state index contributed by atoms with van der Waals surface area (Å²) >= 11 is 0. The Bertz CT molecular complexity index is 985. The van der Waals surface area contributed by atoms with Gasteiger partial charge in [0.1, 0.15) is 18.1 Å². The van der Waals surface area contributed by atoms with Crippen LogP contribution in [0.3, 0.4) is 0 Å². The first kappa shape index (κ1) is 31.4. The lowest BCUT2D eigenvalue weighted by Crippen LogP contribution is -2.62. The molecule has 4 N–H and O–H groups in total. The number of carbonyl (C=O) groups is 5. The van der Waals surface area contributed by atoms with Gasteiger partial charge >= 0.3 is 12.0 Å². The molecule has 10 nitrogen and oxygen atoms in total. The molecule has 0 aromatic rings. The highest BCUT2D eigenvalue weighted by molar-refractivity contribution is 6.35. The number of ketones is 1. The Labute approximate surface area is 222 Å².